The smallest absolute Gasteiger partial charge is 0.306 e. The van der Waals surface area contributed by atoms with Gasteiger partial charge in [0, 0.05) is 55.9 Å². The van der Waals surface area contributed by atoms with Crippen molar-refractivity contribution in [3.8, 4) is 5.75 Å². The molecule has 0 spiro atoms. The van der Waals surface area contributed by atoms with E-state index in [4.69, 9.17) is 9.47 Å². The van der Waals surface area contributed by atoms with Crippen molar-refractivity contribution in [2.75, 3.05) is 49.2 Å². The third-order valence-corrected chi connectivity index (χ3v) is 6.12. The molecule has 1 atom stereocenters. The maximum atomic E-state index is 12.1. The molecule has 178 valence electrons. The Labute approximate surface area is 202 Å². The van der Waals surface area contributed by atoms with Gasteiger partial charge in [-0.05, 0) is 55.3 Å². The number of pyridine rings is 1. The third kappa shape index (κ3) is 6.73. The highest BCUT2D eigenvalue weighted by atomic mass is 16.5. The summed E-state index contributed by atoms with van der Waals surface area (Å²) < 4.78 is 11.3. The van der Waals surface area contributed by atoms with Crippen LogP contribution in [0.25, 0.3) is 0 Å². The molecule has 6 nitrogen and oxygen atoms in total. The van der Waals surface area contributed by atoms with Gasteiger partial charge < -0.3 is 19.3 Å². The number of esters is 1. The molecule has 34 heavy (non-hydrogen) atoms. The predicted octanol–water partition coefficient (Wildman–Crippen LogP) is 4.60. The lowest BCUT2D eigenvalue weighted by Gasteiger charge is -2.37. The fraction of sp³-hybridized carbons (Fsp3) is 0.357. The predicted molar refractivity (Wildman–Crippen MR) is 135 cm³/mol. The van der Waals surface area contributed by atoms with Crippen molar-refractivity contribution < 1.29 is 14.3 Å². The SMILES string of the molecule is CCOC(=O)CC(COc1ccc(N2CCN(c3ccncc3)CC2)cc1)Cc1ccccc1. The zero-order valence-electron chi connectivity index (χ0n) is 19.8. The van der Waals surface area contributed by atoms with Crippen LogP contribution >= 0.6 is 0 Å². The van der Waals surface area contributed by atoms with Crippen LogP contribution in [0.5, 0.6) is 5.75 Å². The average molecular weight is 460 g/mol. The van der Waals surface area contributed by atoms with Crippen molar-refractivity contribution in [2.24, 2.45) is 5.92 Å². The number of hydrogen-bond donors (Lipinski definition) is 0. The Morgan fingerprint density at radius 1 is 0.882 bits per heavy atom. The van der Waals surface area contributed by atoms with E-state index in [-0.39, 0.29) is 11.9 Å². The van der Waals surface area contributed by atoms with E-state index in [2.05, 4.69) is 51.2 Å². The number of aromatic nitrogens is 1. The summed E-state index contributed by atoms with van der Waals surface area (Å²) in [6, 6.07) is 22.6. The first kappa shape index (κ1) is 23.6. The summed E-state index contributed by atoms with van der Waals surface area (Å²) >= 11 is 0. The van der Waals surface area contributed by atoms with Crippen molar-refractivity contribution >= 4 is 17.3 Å². The Balaban J connectivity index is 1.30. The lowest BCUT2D eigenvalue weighted by Crippen LogP contribution is -2.46. The largest absolute Gasteiger partial charge is 0.493 e. The summed E-state index contributed by atoms with van der Waals surface area (Å²) in [5.74, 6) is 0.705. The molecule has 0 N–H and O–H groups in total. The van der Waals surface area contributed by atoms with E-state index < -0.39 is 0 Å². The molecular weight excluding hydrogens is 426 g/mol. The lowest BCUT2D eigenvalue weighted by molar-refractivity contribution is -0.144. The Hall–Kier alpha value is -3.54. The monoisotopic (exact) mass is 459 g/mol. The highest BCUT2D eigenvalue weighted by Crippen LogP contribution is 2.24. The molecule has 0 bridgehead atoms. The first-order valence-corrected chi connectivity index (χ1v) is 12.0. The van der Waals surface area contributed by atoms with E-state index in [1.54, 1.807) is 0 Å². The minimum absolute atomic E-state index is 0.0578. The van der Waals surface area contributed by atoms with E-state index >= 15 is 0 Å². The third-order valence-electron chi connectivity index (χ3n) is 6.12. The molecule has 2 heterocycles. The summed E-state index contributed by atoms with van der Waals surface area (Å²) in [5.41, 5.74) is 3.63. The van der Waals surface area contributed by atoms with E-state index in [1.165, 1.54) is 16.9 Å². The zero-order chi connectivity index (χ0) is 23.6. The molecule has 4 rings (SSSR count). The molecule has 0 amide bonds. The molecule has 1 aliphatic rings. The first-order chi connectivity index (χ1) is 16.7. The van der Waals surface area contributed by atoms with Crippen LogP contribution in [0, 0.1) is 5.92 Å². The Bertz CT molecular complexity index is 1000. The van der Waals surface area contributed by atoms with Crippen LogP contribution in [0.3, 0.4) is 0 Å². The van der Waals surface area contributed by atoms with Gasteiger partial charge in [-0.15, -0.1) is 0 Å². The van der Waals surface area contributed by atoms with Gasteiger partial charge in [0.1, 0.15) is 5.75 Å². The van der Waals surface area contributed by atoms with Gasteiger partial charge in [0.2, 0.25) is 0 Å². The van der Waals surface area contributed by atoms with Crippen LogP contribution in [0.15, 0.2) is 79.1 Å². The molecule has 1 aromatic heterocycles. The zero-order valence-corrected chi connectivity index (χ0v) is 19.8. The highest BCUT2D eigenvalue weighted by Gasteiger charge is 2.19. The maximum absolute atomic E-state index is 12.1. The topological polar surface area (TPSA) is 54.9 Å². The van der Waals surface area contributed by atoms with E-state index in [0.29, 0.717) is 19.6 Å². The van der Waals surface area contributed by atoms with Crippen LogP contribution in [0.1, 0.15) is 18.9 Å². The minimum atomic E-state index is -0.173. The lowest BCUT2D eigenvalue weighted by atomic mass is 9.97. The van der Waals surface area contributed by atoms with Crippen molar-refractivity contribution in [1.29, 1.82) is 0 Å². The summed E-state index contributed by atoms with van der Waals surface area (Å²) in [4.78, 5) is 21.0. The summed E-state index contributed by atoms with van der Waals surface area (Å²) in [6.45, 7) is 6.62. The molecule has 1 saturated heterocycles. The Morgan fingerprint density at radius 3 is 2.12 bits per heavy atom. The first-order valence-electron chi connectivity index (χ1n) is 12.0. The Morgan fingerprint density at radius 2 is 1.50 bits per heavy atom. The van der Waals surface area contributed by atoms with Gasteiger partial charge in [-0.3, -0.25) is 9.78 Å². The van der Waals surface area contributed by atoms with Gasteiger partial charge in [-0.1, -0.05) is 30.3 Å². The molecule has 0 aliphatic carbocycles. The second-order valence-corrected chi connectivity index (χ2v) is 8.55. The maximum Gasteiger partial charge on any atom is 0.306 e. The van der Waals surface area contributed by atoms with Crippen LogP contribution in [-0.2, 0) is 16.0 Å². The average Bonchev–Trinajstić information content (AvgIpc) is 2.89. The number of piperazine rings is 1. The van der Waals surface area contributed by atoms with Crippen molar-refractivity contribution in [2.45, 2.75) is 19.8 Å². The minimum Gasteiger partial charge on any atom is -0.493 e. The normalized spacial score (nSPS) is 14.5. The fourth-order valence-corrected chi connectivity index (χ4v) is 4.34. The number of anilines is 2. The second-order valence-electron chi connectivity index (χ2n) is 8.55. The van der Waals surface area contributed by atoms with Crippen molar-refractivity contribution in [1.82, 2.24) is 4.98 Å². The molecule has 3 aromatic rings. The van der Waals surface area contributed by atoms with Gasteiger partial charge in [0.05, 0.1) is 19.6 Å². The van der Waals surface area contributed by atoms with E-state index in [0.717, 1.165) is 38.3 Å². The number of nitrogens with zero attached hydrogens (tertiary/aromatic N) is 3. The number of hydrogen-bond acceptors (Lipinski definition) is 6. The van der Waals surface area contributed by atoms with Gasteiger partial charge in [-0.25, -0.2) is 0 Å². The molecular formula is C28H33N3O3. The molecule has 6 heteroatoms. The molecule has 0 radical (unpaired) electrons. The number of rotatable bonds is 10. The van der Waals surface area contributed by atoms with Gasteiger partial charge >= 0.3 is 5.97 Å². The van der Waals surface area contributed by atoms with E-state index in [9.17, 15) is 4.79 Å². The standard InChI is InChI=1S/C28H33N3O3/c1-2-33-28(32)21-24(20-23-6-4-3-5-7-23)22-34-27-10-8-25(9-11-27)30-16-18-31(19-17-30)26-12-14-29-15-13-26/h3-15,24H,2,16-22H2,1H3. The van der Waals surface area contributed by atoms with Crippen LogP contribution in [0.4, 0.5) is 11.4 Å². The number of ether oxygens (including phenoxy) is 2. The van der Waals surface area contributed by atoms with Crippen molar-refractivity contribution in [3.05, 3.63) is 84.7 Å². The second kappa shape index (κ2) is 12.1. The quantitative estimate of drug-likeness (QED) is 0.413. The summed E-state index contributed by atoms with van der Waals surface area (Å²) in [7, 11) is 0. The molecule has 1 unspecified atom stereocenters. The molecule has 2 aromatic carbocycles. The number of carbonyl (C=O) groups is 1. The summed E-state index contributed by atoms with van der Waals surface area (Å²) in [5, 5.41) is 0. The van der Waals surface area contributed by atoms with Gasteiger partial charge in [0.15, 0.2) is 0 Å². The van der Waals surface area contributed by atoms with Crippen molar-refractivity contribution in [3.63, 3.8) is 0 Å². The van der Waals surface area contributed by atoms with Crippen LogP contribution in [0.2, 0.25) is 0 Å². The van der Waals surface area contributed by atoms with E-state index in [1.807, 2.05) is 49.6 Å². The Kier molecular flexibility index (Phi) is 8.38. The molecule has 1 aliphatic heterocycles. The molecule has 0 saturated carbocycles. The van der Waals surface area contributed by atoms with Crippen LogP contribution < -0.4 is 14.5 Å². The highest BCUT2D eigenvalue weighted by molar-refractivity contribution is 5.69. The van der Waals surface area contributed by atoms with Gasteiger partial charge in [0.25, 0.3) is 0 Å². The van der Waals surface area contributed by atoms with Crippen LogP contribution in [-0.4, -0.2) is 50.3 Å². The molecule has 1 fully saturated rings. The van der Waals surface area contributed by atoms with Gasteiger partial charge in [-0.2, -0.15) is 0 Å². The fourth-order valence-electron chi connectivity index (χ4n) is 4.34. The number of benzene rings is 2. The number of carbonyl (C=O) groups excluding carboxylic acids is 1. The summed E-state index contributed by atoms with van der Waals surface area (Å²) in [6.07, 6.45) is 4.82.